The van der Waals surface area contributed by atoms with Gasteiger partial charge >= 0.3 is 0 Å². The maximum Gasteiger partial charge on any atom is 0.226 e. The van der Waals surface area contributed by atoms with E-state index in [4.69, 9.17) is 17.2 Å². The molecule has 1 aliphatic rings. The molecule has 0 radical (unpaired) electrons. The molecule has 6 rings (SSSR count). The van der Waals surface area contributed by atoms with Crippen LogP contribution >= 0.6 is 12.2 Å². The Morgan fingerprint density at radius 2 is 1.74 bits per heavy atom. The largest absolute Gasteiger partial charge is 0.352 e. The van der Waals surface area contributed by atoms with Crippen molar-refractivity contribution in [2.45, 2.75) is 46.2 Å². The number of aromatic nitrogens is 2. The maximum absolute atomic E-state index is 13.2. The molecule has 1 aliphatic heterocycles. The van der Waals surface area contributed by atoms with Gasteiger partial charge in [0.15, 0.2) is 5.11 Å². The minimum Gasteiger partial charge on any atom is -0.352 e. The molecule has 0 saturated carbocycles. The van der Waals surface area contributed by atoms with Crippen LogP contribution in [-0.2, 0) is 4.79 Å². The number of nitrogens with one attached hydrogen (secondary N) is 2. The van der Waals surface area contributed by atoms with E-state index in [0.29, 0.717) is 18.1 Å². The van der Waals surface area contributed by atoms with Crippen molar-refractivity contribution in [3.63, 3.8) is 0 Å². The Bertz CT molecular complexity index is 1790. The molecular formula is C35H35N5OS. The van der Waals surface area contributed by atoms with Crippen molar-refractivity contribution in [3.8, 4) is 5.69 Å². The maximum atomic E-state index is 13.2. The number of carbonyl (C=O) groups excluding carboxylic acids is 1. The molecule has 2 aromatic heterocycles. The van der Waals surface area contributed by atoms with Gasteiger partial charge in [-0.05, 0) is 92.3 Å². The molecule has 1 saturated heterocycles. The van der Waals surface area contributed by atoms with Gasteiger partial charge in [-0.3, -0.25) is 9.78 Å². The molecule has 2 unspecified atom stereocenters. The van der Waals surface area contributed by atoms with Crippen molar-refractivity contribution in [1.82, 2.24) is 19.8 Å². The summed E-state index contributed by atoms with van der Waals surface area (Å²) < 4.78 is 2.33. The fourth-order valence-electron chi connectivity index (χ4n) is 6.15. The monoisotopic (exact) mass is 573 g/mol. The number of fused-ring (bicyclic) bond motifs is 1. The summed E-state index contributed by atoms with van der Waals surface area (Å²) in [5.74, 6) is -0.0345. The molecule has 5 aromatic rings. The molecule has 7 heteroatoms. The first-order valence-electron chi connectivity index (χ1n) is 14.3. The number of amides is 1. The van der Waals surface area contributed by atoms with Crippen molar-refractivity contribution in [2.24, 2.45) is 0 Å². The van der Waals surface area contributed by atoms with E-state index < -0.39 is 0 Å². The third-order valence-electron chi connectivity index (χ3n) is 8.24. The SMILES string of the molecule is Cc1ccc(C)c(NC(=O)CCN2C(=S)NC(c3ccccn3)C2c2cc(C)n(-c3cccc4ccccc34)c2C)c1. The van der Waals surface area contributed by atoms with Gasteiger partial charge in [0.2, 0.25) is 5.91 Å². The number of hydrogen-bond acceptors (Lipinski definition) is 3. The second-order valence-corrected chi connectivity index (χ2v) is 11.5. The lowest BCUT2D eigenvalue weighted by Gasteiger charge is -2.28. The predicted molar refractivity (Wildman–Crippen MR) is 174 cm³/mol. The second-order valence-electron chi connectivity index (χ2n) is 11.1. The average molecular weight is 574 g/mol. The number of aryl methyl sites for hydroxylation is 3. The molecule has 0 bridgehead atoms. The summed E-state index contributed by atoms with van der Waals surface area (Å²) in [6, 6.07) is 29.0. The van der Waals surface area contributed by atoms with Crippen LogP contribution in [0.2, 0.25) is 0 Å². The number of thiocarbonyl (C=S) groups is 1. The number of carbonyl (C=O) groups is 1. The van der Waals surface area contributed by atoms with Crippen LogP contribution in [0.5, 0.6) is 0 Å². The molecule has 3 heterocycles. The van der Waals surface area contributed by atoms with Crippen LogP contribution in [0.4, 0.5) is 5.69 Å². The summed E-state index contributed by atoms with van der Waals surface area (Å²) in [7, 11) is 0. The summed E-state index contributed by atoms with van der Waals surface area (Å²) in [5.41, 5.74) is 8.53. The molecular weight excluding hydrogens is 538 g/mol. The third-order valence-corrected chi connectivity index (χ3v) is 8.59. The van der Waals surface area contributed by atoms with E-state index in [1.165, 1.54) is 16.3 Å². The number of nitrogens with zero attached hydrogens (tertiary/aromatic N) is 3. The molecule has 0 spiro atoms. The van der Waals surface area contributed by atoms with Crippen molar-refractivity contribution >= 4 is 39.7 Å². The zero-order valence-electron chi connectivity index (χ0n) is 24.4. The minimum atomic E-state index is -0.151. The van der Waals surface area contributed by atoms with Crippen LogP contribution in [0.15, 0.2) is 91.1 Å². The van der Waals surface area contributed by atoms with E-state index in [-0.39, 0.29) is 18.0 Å². The van der Waals surface area contributed by atoms with Crippen LogP contribution in [0.3, 0.4) is 0 Å². The first-order valence-corrected chi connectivity index (χ1v) is 14.7. The Kier molecular flexibility index (Phi) is 7.52. The first-order chi connectivity index (χ1) is 20.3. The van der Waals surface area contributed by atoms with Gasteiger partial charge in [0.05, 0.1) is 23.5 Å². The zero-order chi connectivity index (χ0) is 29.4. The van der Waals surface area contributed by atoms with E-state index >= 15 is 0 Å². The molecule has 0 aliphatic carbocycles. The van der Waals surface area contributed by atoms with Gasteiger partial charge < -0.3 is 20.1 Å². The van der Waals surface area contributed by atoms with Gasteiger partial charge in [-0.1, -0.05) is 54.6 Å². The number of benzene rings is 3. The third kappa shape index (κ3) is 5.16. The summed E-state index contributed by atoms with van der Waals surface area (Å²) >= 11 is 5.90. The van der Waals surface area contributed by atoms with Gasteiger partial charge in [0.1, 0.15) is 0 Å². The number of anilines is 1. The van der Waals surface area contributed by atoms with E-state index in [1.807, 2.05) is 50.4 Å². The molecule has 2 N–H and O–H groups in total. The fourth-order valence-corrected chi connectivity index (χ4v) is 6.48. The van der Waals surface area contributed by atoms with Gasteiger partial charge in [-0.2, -0.15) is 0 Å². The lowest BCUT2D eigenvalue weighted by atomic mass is 9.96. The van der Waals surface area contributed by atoms with E-state index in [0.717, 1.165) is 39.6 Å². The van der Waals surface area contributed by atoms with Gasteiger partial charge in [-0.15, -0.1) is 0 Å². The number of rotatable bonds is 7. The smallest absolute Gasteiger partial charge is 0.226 e. The van der Waals surface area contributed by atoms with Crippen LogP contribution in [-0.4, -0.2) is 32.0 Å². The molecule has 1 amide bonds. The fraction of sp³-hybridized carbons (Fsp3) is 0.229. The molecule has 212 valence electrons. The lowest BCUT2D eigenvalue weighted by molar-refractivity contribution is -0.116. The molecule has 42 heavy (non-hydrogen) atoms. The van der Waals surface area contributed by atoms with E-state index in [2.05, 4.69) is 88.5 Å². The highest BCUT2D eigenvalue weighted by molar-refractivity contribution is 7.80. The normalized spacial score (nSPS) is 16.6. The van der Waals surface area contributed by atoms with Crippen molar-refractivity contribution in [2.75, 3.05) is 11.9 Å². The van der Waals surface area contributed by atoms with E-state index in [9.17, 15) is 4.79 Å². The topological polar surface area (TPSA) is 62.2 Å². The highest BCUT2D eigenvalue weighted by Crippen LogP contribution is 2.42. The van der Waals surface area contributed by atoms with Gasteiger partial charge in [0.25, 0.3) is 0 Å². The van der Waals surface area contributed by atoms with Crippen LogP contribution in [0, 0.1) is 27.7 Å². The Hall–Kier alpha value is -4.49. The number of hydrogen-bond donors (Lipinski definition) is 2. The van der Waals surface area contributed by atoms with Crippen molar-refractivity contribution in [1.29, 1.82) is 0 Å². The summed E-state index contributed by atoms with van der Waals surface area (Å²) in [5, 5.41) is 9.68. The lowest BCUT2D eigenvalue weighted by Crippen LogP contribution is -2.33. The van der Waals surface area contributed by atoms with Crippen molar-refractivity contribution < 1.29 is 4.79 Å². The van der Waals surface area contributed by atoms with E-state index in [1.54, 1.807) is 0 Å². The molecule has 2 atom stereocenters. The minimum absolute atomic E-state index is 0.0345. The standard InChI is InChI=1S/C35H35N5OS/c1-22-15-16-23(2)30(20-22)37-32(41)17-19-39-34(33(38-35(39)42)29-13-7-8-18-36-29)28-21-24(3)40(25(28)4)31-14-9-11-26-10-5-6-12-27(26)31/h5-16,18,20-21,33-34H,17,19H2,1-4H3,(H,37,41)(H,38,42). The van der Waals surface area contributed by atoms with Gasteiger partial charge in [-0.25, -0.2) is 0 Å². The van der Waals surface area contributed by atoms with Crippen LogP contribution in [0.25, 0.3) is 16.5 Å². The second kappa shape index (κ2) is 11.4. The molecule has 1 fully saturated rings. The molecule has 6 nitrogen and oxygen atoms in total. The Morgan fingerprint density at radius 1 is 0.952 bits per heavy atom. The van der Waals surface area contributed by atoms with Crippen LogP contribution in [0.1, 0.15) is 52.3 Å². The summed E-state index contributed by atoms with van der Waals surface area (Å²) in [6.45, 7) is 8.84. The predicted octanol–water partition coefficient (Wildman–Crippen LogP) is 7.26. The highest BCUT2D eigenvalue weighted by Gasteiger charge is 2.41. The Morgan fingerprint density at radius 3 is 2.55 bits per heavy atom. The quantitative estimate of drug-likeness (QED) is 0.201. The summed E-state index contributed by atoms with van der Waals surface area (Å²) in [6.07, 6.45) is 2.12. The Labute approximate surface area is 252 Å². The zero-order valence-corrected chi connectivity index (χ0v) is 25.2. The molecule has 3 aromatic carbocycles. The highest BCUT2D eigenvalue weighted by atomic mass is 32.1. The van der Waals surface area contributed by atoms with Crippen molar-refractivity contribution in [3.05, 3.63) is 125 Å². The van der Waals surface area contributed by atoms with Gasteiger partial charge in [0, 0.05) is 41.6 Å². The Balaban J connectivity index is 1.36. The summed E-state index contributed by atoms with van der Waals surface area (Å²) in [4.78, 5) is 20.0. The average Bonchev–Trinajstić information content (AvgIpc) is 3.48. The first kappa shape index (κ1) is 27.7. The van der Waals surface area contributed by atoms with Crippen LogP contribution < -0.4 is 10.6 Å². The number of pyridine rings is 1.